The first-order chi connectivity index (χ1) is 37.4. The Morgan fingerprint density at radius 2 is 0.844 bits per heavy atom. The maximum Gasteiger partial charge on any atom is 0.472 e. The lowest BCUT2D eigenvalue weighted by atomic mass is 10.0. The van der Waals surface area contributed by atoms with Gasteiger partial charge in [0.15, 0.2) is 0 Å². The Hall–Kier alpha value is -2.81. The summed E-state index contributed by atoms with van der Waals surface area (Å²) in [6.07, 6.45) is 74.7. The fraction of sp³-hybridized carbons (Fsp3) is 0.761. The minimum Gasteiger partial charge on any atom is -0.456 e. The van der Waals surface area contributed by atoms with E-state index in [2.05, 4.69) is 92.9 Å². The Morgan fingerprint density at radius 1 is 0.468 bits per heavy atom. The van der Waals surface area contributed by atoms with E-state index >= 15 is 0 Å². The molecule has 9 nitrogen and oxygen atoms in total. The van der Waals surface area contributed by atoms with Crippen LogP contribution in [0.2, 0.25) is 0 Å². The van der Waals surface area contributed by atoms with Gasteiger partial charge in [0.25, 0.3) is 0 Å². The van der Waals surface area contributed by atoms with Crippen molar-refractivity contribution in [2.45, 2.75) is 290 Å². The average molecular weight is 1100 g/mol. The van der Waals surface area contributed by atoms with Crippen LogP contribution in [0.1, 0.15) is 278 Å². The smallest absolute Gasteiger partial charge is 0.456 e. The number of nitrogens with zero attached hydrogens (tertiary/aromatic N) is 1. The van der Waals surface area contributed by atoms with Crippen molar-refractivity contribution in [3.8, 4) is 0 Å². The third-order valence-corrected chi connectivity index (χ3v) is 14.8. The molecule has 0 spiro atoms. The number of hydrogen-bond acceptors (Lipinski definition) is 6. The molecule has 0 aliphatic heterocycles. The lowest BCUT2D eigenvalue weighted by Gasteiger charge is -2.27. The van der Waals surface area contributed by atoms with Crippen LogP contribution in [0.4, 0.5) is 0 Å². The summed E-state index contributed by atoms with van der Waals surface area (Å²) < 4.78 is 30.6. The number of amides is 1. The molecule has 0 heterocycles. The molecule has 77 heavy (non-hydrogen) atoms. The number of ether oxygens (including phenoxy) is 1. The van der Waals surface area contributed by atoms with Crippen LogP contribution >= 0.6 is 7.82 Å². The van der Waals surface area contributed by atoms with E-state index in [9.17, 15) is 19.0 Å². The fourth-order valence-electron chi connectivity index (χ4n) is 8.92. The zero-order valence-electron chi connectivity index (χ0n) is 50.9. The highest BCUT2D eigenvalue weighted by Gasteiger charge is 2.30. The average Bonchev–Trinajstić information content (AvgIpc) is 3.39. The number of allylic oxidation sites excluding steroid dienone is 13. The second-order valence-electron chi connectivity index (χ2n) is 22.5. The van der Waals surface area contributed by atoms with Crippen LogP contribution in [-0.4, -0.2) is 74.3 Å². The topological polar surface area (TPSA) is 111 Å². The summed E-state index contributed by atoms with van der Waals surface area (Å²) in [4.78, 5) is 37.7. The molecule has 0 bridgehead atoms. The van der Waals surface area contributed by atoms with Crippen molar-refractivity contribution in [3.05, 3.63) is 85.1 Å². The second-order valence-corrected chi connectivity index (χ2v) is 24.0. The Morgan fingerprint density at radius 3 is 1.27 bits per heavy atom. The van der Waals surface area contributed by atoms with E-state index in [0.29, 0.717) is 17.4 Å². The summed E-state index contributed by atoms with van der Waals surface area (Å²) >= 11 is 0. The zero-order chi connectivity index (χ0) is 56.4. The summed E-state index contributed by atoms with van der Waals surface area (Å²) in [5.41, 5.74) is 0. The Labute approximate surface area is 476 Å². The molecule has 3 atom stereocenters. The van der Waals surface area contributed by atoms with Crippen LogP contribution in [0.3, 0.4) is 0 Å². The molecule has 0 saturated carbocycles. The van der Waals surface area contributed by atoms with Gasteiger partial charge in [0.2, 0.25) is 5.91 Å². The summed E-state index contributed by atoms with van der Waals surface area (Å²) in [6.45, 7) is 6.85. The highest BCUT2D eigenvalue weighted by Crippen LogP contribution is 2.43. The van der Waals surface area contributed by atoms with Crippen LogP contribution in [0, 0.1) is 0 Å². The predicted molar refractivity (Wildman–Crippen MR) is 332 cm³/mol. The first-order valence-corrected chi connectivity index (χ1v) is 33.4. The van der Waals surface area contributed by atoms with Crippen molar-refractivity contribution in [2.75, 3.05) is 40.9 Å². The van der Waals surface area contributed by atoms with Gasteiger partial charge in [0.1, 0.15) is 19.3 Å². The zero-order valence-corrected chi connectivity index (χ0v) is 51.8. The molecule has 0 radical (unpaired) electrons. The minimum absolute atomic E-state index is 0.0245. The van der Waals surface area contributed by atoms with Gasteiger partial charge >= 0.3 is 13.8 Å². The molecule has 0 aromatic carbocycles. The van der Waals surface area contributed by atoms with Crippen LogP contribution < -0.4 is 5.32 Å². The Balaban J connectivity index is 5.24. The van der Waals surface area contributed by atoms with E-state index < -0.39 is 20.0 Å². The van der Waals surface area contributed by atoms with Crippen molar-refractivity contribution in [3.63, 3.8) is 0 Å². The molecule has 10 heteroatoms. The fourth-order valence-corrected chi connectivity index (χ4v) is 9.66. The normalized spacial score (nSPS) is 14.2. The number of nitrogens with one attached hydrogen (secondary N) is 1. The molecule has 3 unspecified atom stereocenters. The molecule has 0 saturated heterocycles. The van der Waals surface area contributed by atoms with Gasteiger partial charge in [-0.1, -0.05) is 260 Å². The standard InChI is InChI=1S/C67H121N2O7P/c1-7-10-13-16-19-22-25-28-30-32-33-34-35-36-37-38-40-42-45-48-51-54-57-60-67(71)76-65(58-55-52-49-46-43-27-24-21-18-15-12-9-3)64(63-75-77(72,73)74-62-61-69(4,5)6)68-66(70)59-56-53-50-47-44-41-39-31-29-26-23-20-17-14-11-8-2/h11,14,20,23,28-31,41,44,50,53,55,58,64-65H,7-10,12-13,15-19,21-22,24-27,32-40,42-43,45-49,51-52,54,56-57,59-63H2,1-6H3,(H-,68,70,72,73)/p+1/b14-11+,23-20+,30-28+,31-29+,44-41+,53-50+,58-55-. The number of phosphoric acid groups is 1. The van der Waals surface area contributed by atoms with E-state index in [1.807, 2.05) is 39.4 Å². The van der Waals surface area contributed by atoms with Crippen LogP contribution in [0.25, 0.3) is 0 Å². The number of hydrogen-bond donors (Lipinski definition) is 2. The first-order valence-electron chi connectivity index (χ1n) is 31.9. The van der Waals surface area contributed by atoms with Crippen molar-refractivity contribution in [1.29, 1.82) is 0 Å². The molecular weight excluding hydrogens is 976 g/mol. The quantitative estimate of drug-likeness (QED) is 0.0205. The Kier molecular flexibility index (Phi) is 54.4. The van der Waals surface area contributed by atoms with Crippen LogP contribution in [-0.2, 0) is 27.9 Å². The maximum atomic E-state index is 13.5. The number of rotatable bonds is 57. The number of phosphoric ester groups is 1. The number of carbonyl (C=O) groups is 2. The van der Waals surface area contributed by atoms with E-state index in [1.54, 1.807) is 0 Å². The molecule has 0 rings (SSSR count). The number of carbonyl (C=O) groups excluding carboxylic acids is 2. The summed E-state index contributed by atoms with van der Waals surface area (Å²) in [6, 6.07) is -0.891. The monoisotopic (exact) mass is 1100 g/mol. The van der Waals surface area contributed by atoms with Gasteiger partial charge in [0.05, 0.1) is 33.8 Å². The predicted octanol–water partition coefficient (Wildman–Crippen LogP) is 19.8. The number of esters is 1. The van der Waals surface area contributed by atoms with Gasteiger partial charge in [-0.05, 0) is 89.5 Å². The van der Waals surface area contributed by atoms with Gasteiger partial charge in [-0.2, -0.15) is 0 Å². The number of likely N-dealkylation sites (N-methyl/N-ethyl adjacent to an activating group) is 1. The van der Waals surface area contributed by atoms with Crippen molar-refractivity contribution in [1.82, 2.24) is 5.32 Å². The SMILES string of the molecule is CC/C=C/C/C=C/C/C=C/C/C=C/C/C=C/CCC(=O)NC(COP(=O)(O)OCC[N+](C)(C)C)C(/C=C\CCCCCCCCCCCC)OC(=O)CCCCCCCCCCCCCCC/C=C/CCCCCCCC. The van der Waals surface area contributed by atoms with Gasteiger partial charge < -0.3 is 19.4 Å². The minimum atomic E-state index is -4.47. The molecule has 0 aromatic rings. The van der Waals surface area contributed by atoms with Crippen molar-refractivity contribution >= 4 is 19.7 Å². The number of quaternary nitrogens is 1. The van der Waals surface area contributed by atoms with Gasteiger partial charge in [0, 0.05) is 12.8 Å². The molecule has 0 aliphatic carbocycles. The molecule has 0 aromatic heterocycles. The van der Waals surface area contributed by atoms with Crippen LogP contribution in [0.5, 0.6) is 0 Å². The maximum absolute atomic E-state index is 13.5. The highest BCUT2D eigenvalue weighted by molar-refractivity contribution is 7.47. The largest absolute Gasteiger partial charge is 0.472 e. The lowest BCUT2D eigenvalue weighted by molar-refractivity contribution is -0.870. The molecule has 1 amide bonds. The van der Waals surface area contributed by atoms with Gasteiger partial charge in [-0.15, -0.1) is 0 Å². The molecule has 446 valence electrons. The Bertz CT molecular complexity index is 1590. The summed E-state index contributed by atoms with van der Waals surface area (Å²) in [5.74, 6) is -0.599. The molecule has 2 N–H and O–H groups in total. The molecule has 0 fully saturated rings. The molecule has 0 aliphatic rings. The first kappa shape index (κ1) is 74.2. The van der Waals surface area contributed by atoms with Gasteiger partial charge in [-0.25, -0.2) is 4.57 Å². The van der Waals surface area contributed by atoms with Crippen molar-refractivity contribution < 1.29 is 37.3 Å². The third kappa shape index (κ3) is 57.7. The summed E-state index contributed by atoms with van der Waals surface area (Å²) in [7, 11) is 1.45. The molecular formula is C67H122N2O7P+. The van der Waals surface area contributed by atoms with Gasteiger partial charge in [-0.3, -0.25) is 18.6 Å². The van der Waals surface area contributed by atoms with Crippen LogP contribution in [0.15, 0.2) is 85.1 Å². The lowest BCUT2D eigenvalue weighted by Crippen LogP contribution is -2.47. The van der Waals surface area contributed by atoms with E-state index in [1.165, 1.54) is 167 Å². The number of unbranched alkanes of at least 4 members (excludes halogenated alkanes) is 29. The second kappa shape index (κ2) is 56.5. The summed E-state index contributed by atoms with van der Waals surface area (Å²) in [5, 5.41) is 3.01. The third-order valence-electron chi connectivity index (χ3n) is 13.8. The highest BCUT2D eigenvalue weighted by atomic mass is 31.2. The van der Waals surface area contributed by atoms with E-state index in [4.69, 9.17) is 13.8 Å². The van der Waals surface area contributed by atoms with E-state index in [0.717, 1.165) is 70.6 Å². The van der Waals surface area contributed by atoms with E-state index in [-0.39, 0.29) is 37.9 Å². The van der Waals surface area contributed by atoms with Crippen molar-refractivity contribution in [2.24, 2.45) is 0 Å².